The molecule has 0 radical (unpaired) electrons. The Kier molecular flexibility index (Phi) is 5.75. The third-order valence-corrected chi connectivity index (χ3v) is 3.79. The number of carbonyl (C=O) groups is 1. The van der Waals surface area contributed by atoms with Gasteiger partial charge in [0.05, 0.1) is 5.69 Å². The third-order valence-electron chi connectivity index (χ3n) is 3.79. The van der Waals surface area contributed by atoms with Crippen molar-refractivity contribution in [3.05, 3.63) is 84.1 Å². The predicted octanol–water partition coefficient (Wildman–Crippen LogP) is 3.21. The minimum absolute atomic E-state index is 0.444. The van der Waals surface area contributed by atoms with Crippen molar-refractivity contribution >= 4 is 12.3 Å². The lowest BCUT2D eigenvalue weighted by atomic mass is 10.0. The maximum atomic E-state index is 11.7. The number of hydrogen-bond donors (Lipinski definition) is 1. The van der Waals surface area contributed by atoms with Gasteiger partial charge in [-0.2, -0.15) is 0 Å². The first-order valence-corrected chi connectivity index (χ1v) is 8.32. The van der Waals surface area contributed by atoms with Gasteiger partial charge >= 0.3 is 6.09 Å². The van der Waals surface area contributed by atoms with Crippen molar-refractivity contribution < 1.29 is 9.53 Å². The fraction of sp³-hybridized carbons (Fsp3) is 0.143. The zero-order chi connectivity index (χ0) is 19.1. The number of hydrogen-bond acceptors (Lipinski definition) is 5. The van der Waals surface area contributed by atoms with Crippen LogP contribution in [0.3, 0.4) is 0 Å². The normalized spacial score (nSPS) is 19.1. The first-order valence-electron chi connectivity index (χ1n) is 8.32. The number of allylic oxidation sites excluding steroid dienone is 1. The standard InChI is InChI=1S/C21H18N4O2/c1-15(8-9-17-6-4-3-5-7-17)12-23-13-16(2)19-20(27-21(26)25-19)18-10-11-22-14-24-18/h3-7,10-14,19-20H,2H2,1H3,(H,25,26). The summed E-state index contributed by atoms with van der Waals surface area (Å²) < 4.78 is 5.30. The van der Waals surface area contributed by atoms with E-state index in [4.69, 9.17) is 4.74 Å². The Labute approximate surface area is 157 Å². The average molecular weight is 358 g/mol. The number of cyclic esters (lactones) is 1. The molecular formula is C21H18N4O2. The van der Waals surface area contributed by atoms with E-state index in [1.807, 2.05) is 37.3 Å². The Morgan fingerprint density at radius 2 is 2.15 bits per heavy atom. The third kappa shape index (κ3) is 4.89. The van der Waals surface area contributed by atoms with E-state index in [1.165, 1.54) is 6.33 Å². The SMILES string of the molecule is C=C(C=NC=C(C)C#Cc1ccccc1)C1NC(=O)OC1c1ccncn1. The fourth-order valence-electron chi connectivity index (χ4n) is 2.46. The van der Waals surface area contributed by atoms with Crippen molar-refractivity contribution in [2.24, 2.45) is 4.99 Å². The molecule has 6 heteroatoms. The Morgan fingerprint density at radius 1 is 1.33 bits per heavy atom. The summed E-state index contributed by atoms with van der Waals surface area (Å²) in [5.74, 6) is 6.11. The maximum Gasteiger partial charge on any atom is 0.408 e. The average Bonchev–Trinajstić information content (AvgIpc) is 3.10. The number of aliphatic imine (C=N–C) groups is 1. The van der Waals surface area contributed by atoms with Crippen LogP contribution in [-0.4, -0.2) is 28.3 Å². The Hall–Kier alpha value is -3.72. The molecule has 134 valence electrons. The minimum atomic E-state index is -0.567. The van der Waals surface area contributed by atoms with Crippen molar-refractivity contribution in [3.8, 4) is 11.8 Å². The van der Waals surface area contributed by atoms with Gasteiger partial charge < -0.3 is 10.1 Å². The van der Waals surface area contributed by atoms with Gasteiger partial charge in [-0.25, -0.2) is 14.8 Å². The van der Waals surface area contributed by atoms with Crippen LogP contribution in [0.1, 0.15) is 24.3 Å². The van der Waals surface area contributed by atoms with Crippen LogP contribution in [0.4, 0.5) is 4.79 Å². The molecule has 6 nitrogen and oxygen atoms in total. The van der Waals surface area contributed by atoms with Crippen LogP contribution < -0.4 is 5.32 Å². The highest BCUT2D eigenvalue weighted by atomic mass is 16.6. The highest BCUT2D eigenvalue weighted by Gasteiger charge is 2.37. The Bertz CT molecular complexity index is 940. The second-order valence-electron chi connectivity index (χ2n) is 5.86. The molecule has 1 amide bonds. The summed E-state index contributed by atoms with van der Waals surface area (Å²) in [6.07, 6.45) is 5.16. The van der Waals surface area contributed by atoms with Gasteiger partial charge in [-0.05, 0) is 30.7 Å². The molecular weight excluding hydrogens is 340 g/mol. The van der Waals surface area contributed by atoms with Crippen LogP contribution in [0.2, 0.25) is 0 Å². The summed E-state index contributed by atoms with van der Waals surface area (Å²) in [7, 11) is 0. The molecule has 1 aromatic carbocycles. The number of alkyl carbamates (subject to hydrolysis) is 1. The summed E-state index contributed by atoms with van der Waals surface area (Å²) >= 11 is 0. The molecule has 2 heterocycles. The van der Waals surface area contributed by atoms with Crippen LogP contribution in [0, 0.1) is 11.8 Å². The van der Waals surface area contributed by atoms with Gasteiger partial charge in [-0.15, -0.1) is 0 Å². The molecule has 2 unspecified atom stereocenters. The van der Waals surface area contributed by atoms with Crippen molar-refractivity contribution in [1.29, 1.82) is 0 Å². The molecule has 0 aliphatic carbocycles. The number of nitrogens with zero attached hydrogens (tertiary/aromatic N) is 3. The zero-order valence-corrected chi connectivity index (χ0v) is 14.8. The largest absolute Gasteiger partial charge is 0.437 e. The predicted molar refractivity (Wildman–Crippen MR) is 103 cm³/mol. The van der Waals surface area contributed by atoms with Gasteiger partial charge in [0.25, 0.3) is 0 Å². The van der Waals surface area contributed by atoms with Crippen molar-refractivity contribution in [1.82, 2.24) is 15.3 Å². The fourth-order valence-corrected chi connectivity index (χ4v) is 2.46. The van der Waals surface area contributed by atoms with E-state index in [2.05, 4.69) is 38.7 Å². The van der Waals surface area contributed by atoms with E-state index in [9.17, 15) is 4.79 Å². The topological polar surface area (TPSA) is 76.5 Å². The van der Waals surface area contributed by atoms with E-state index < -0.39 is 18.2 Å². The van der Waals surface area contributed by atoms with Crippen LogP contribution in [0.15, 0.2) is 77.8 Å². The molecule has 0 saturated carbocycles. The van der Waals surface area contributed by atoms with Crippen LogP contribution in [0.5, 0.6) is 0 Å². The van der Waals surface area contributed by atoms with Gasteiger partial charge in [0.15, 0.2) is 6.10 Å². The highest BCUT2D eigenvalue weighted by molar-refractivity contribution is 5.83. The summed E-state index contributed by atoms with van der Waals surface area (Å²) in [6.45, 7) is 5.86. The summed E-state index contributed by atoms with van der Waals surface area (Å²) in [5.41, 5.74) is 2.95. The van der Waals surface area contributed by atoms with Crippen molar-refractivity contribution in [2.45, 2.75) is 19.1 Å². The number of carbonyl (C=O) groups excluding carboxylic acids is 1. The van der Waals surface area contributed by atoms with Crippen LogP contribution >= 0.6 is 0 Å². The summed E-state index contributed by atoms with van der Waals surface area (Å²) in [6, 6.07) is 11.0. The summed E-state index contributed by atoms with van der Waals surface area (Å²) in [4.78, 5) is 23.9. The molecule has 1 N–H and O–H groups in total. The molecule has 27 heavy (non-hydrogen) atoms. The molecule has 1 fully saturated rings. The number of ether oxygens (including phenoxy) is 1. The number of rotatable bonds is 4. The lowest BCUT2D eigenvalue weighted by Crippen LogP contribution is -2.30. The molecule has 1 aromatic heterocycles. The highest BCUT2D eigenvalue weighted by Crippen LogP contribution is 2.27. The molecule has 3 rings (SSSR count). The zero-order valence-electron chi connectivity index (χ0n) is 14.8. The van der Waals surface area contributed by atoms with Crippen molar-refractivity contribution in [2.75, 3.05) is 0 Å². The number of amides is 1. The Balaban J connectivity index is 1.67. The first-order chi connectivity index (χ1) is 13.1. The van der Waals surface area contributed by atoms with Crippen molar-refractivity contribution in [3.63, 3.8) is 0 Å². The molecule has 1 aliphatic rings. The number of benzene rings is 1. The molecule has 0 bridgehead atoms. The van der Waals surface area contributed by atoms with E-state index in [0.717, 1.165) is 11.1 Å². The molecule has 0 spiro atoms. The lowest BCUT2D eigenvalue weighted by Gasteiger charge is -2.15. The Morgan fingerprint density at radius 3 is 2.89 bits per heavy atom. The van der Waals surface area contributed by atoms with Gasteiger partial charge in [0.1, 0.15) is 12.4 Å². The van der Waals surface area contributed by atoms with E-state index in [-0.39, 0.29) is 0 Å². The number of aromatic nitrogens is 2. The molecule has 2 atom stereocenters. The van der Waals surface area contributed by atoms with Gasteiger partial charge in [-0.3, -0.25) is 4.99 Å². The van der Waals surface area contributed by atoms with Crippen LogP contribution in [-0.2, 0) is 4.74 Å². The van der Waals surface area contributed by atoms with E-state index in [1.54, 1.807) is 24.7 Å². The van der Waals surface area contributed by atoms with Gasteiger partial charge in [0.2, 0.25) is 0 Å². The monoisotopic (exact) mass is 358 g/mol. The molecule has 1 saturated heterocycles. The minimum Gasteiger partial charge on any atom is -0.437 e. The van der Waals surface area contributed by atoms with Crippen LogP contribution in [0.25, 0.3) is 0 Å². The van der Waals surface area contributed by atoms with Gasteiger partial charge in [0, 0.05) is 29.7 Å². The maximum absolute atomic E-state index is 11.7. The van der Waals surface area contributed by atoms with E-state index >= 15 is 0 Å². The number of nitrogens with one attached hydrogen (secondary N) is 1. The smallest absolute Gasteiger partial charge is 0.408 e. The van der Waals surface area contributed by atoms with E-state index in [0.29, 0.717) is 11.3 Å². The second kappa shape index (κ2) is 8.59. The molecule has 1 aliphatic heterocycles. The summed E-state index contributed by atoms with van der Waals surface area (Å²) in [5, 5.41) is 2.73. The molecule has 2 aromatic rings. The quantitative estimate of drug-likeness (QED) is 0.673. The first kappa shape index (κ1) is 18.1. The van der Waals surface area contributed by atoms with Gasteiger partial charge in [-0.1, -0.05) is 36.6 Å². The second-order valence-corrected chi connectivity index (χ2v) is 5.86. The lowest BCUT2D eigenvalue weighted by molar-refractivity contribution is 0.133.